The van der Waals surface area contributed by atoms with E-state index in [1.54, 1.807) is 6.07 Å². The summed E-state index contributed by atoms with van der Waals surface area (Å²) < 4.78 is 6.43. The molecule has 1 aromatic rings. The van der Waals surface area contributed by atoms with E-state index >= 15 is 0 Å². The summed E-state index contributed by atoms with van der Waals surface area (Å²) in [6, 6.07) is 1.75. The van der Waals surface area contributed by atoms with Gasteiger partial charge in [0.05, 0.1) is 7.11 Å². The molecule has 3 N–H and O–H groups in total. The summed E-state index contributed by atoms with van der Waals surface area (Å²) in [5, 5.41) is 7.81. The zero-order chi connectivity index (χ0) is 11.4. The zero-order valence-corrected chi connectivity index (χ0v) is 9.60. The van der Waals surface area contributed by atoms with Crippen LogP contribution in [0.4, 0.5) is 0 Å². The van der Waals surface area contributed by atoms with E-state index < -0.39 is 0 Å². The van der Waals surface area contributed by atoms with Crippen LogP contribution >= 0.6 is 12.2 Å². The van der Waals surface area contributed by atoms with Gasteiger partial charge in [0.1, 0.15) is 0 Å². The van der Waals surface area contributed by atoms with Gasteiger partial charge in [-0.1, -0.05) is 13.3 Å². The molecule has 1 aromatic heterocycles. The third-order valence-electron chi connectivity index (χ3n) is 1.94. The van der Waals surface area contributed by atoms with Gasteiger partial charge in [-0.25, -0.2) is 0 Å². The molecule has 15 heavy (non-hydrogen) atoms. The maximum absolute atomic E-state index is 7.67. The number of ether oxygens (including phenoxy) is 1. The van der Waals surface area contributed by atoms with E-state index in [1.807, 2.05) is 6.92 Å². The van der Waals surface area contributed by atoms with Gasteiger partial charge in [0.2, 0.25) is 11.5 Å². The number of aromatic nitrogens is 2. The van der Waals surface area contributed by atoms with Gasteiger partial charge < -0.3 is 10.5 Å². The topological polar surface area (TPSA) is 76.9 Å². The minimum absolute atomic E-state index is 0.00491. The van der Waals surface area contributed by atoms with Crippen LogP contribution < -0.4 is 16.1 Å². The summed E-state index contributed by atoms with van der Waals surface area (Å²) in [7, 11) is 1.52. The minimum Gasteiger partial charge on any atom is -0.481 e. The highest BCUT2D eigenvalue weighted by molar-refractivity contribution is 7.80. The molecule has 0 unspecified atom stereocenters. The Labute approximate surface area is 93.4 Å². The second kappa shape index (κ2) is 4.88. The SMILES string of the molecule is CCCc1cc(OC)nc(=N)n1C(N)=S. The molecule has 82 valence electrons. The van der Waals surface area contributed by atoms with Crippen molar-refractivity contribution in [2.45, 2.75) is 19.8 Å². The van der Waals surface area contributed by atoms with Gasteiger partial charge in [-0.2, -0.15) is 4.98 Å². The van der Waals surface area contributed by atoms with E-state index in [-0.39, 0.29) is 10.7 Å². The van der Waals surface area contributed by atoms with Crippen molar-refractivity contribution in [3.8, 4) is 5.88 Å². The van der Waals surface area contributed by atoms with Crippen molar-refractivity contribution in [1.82, 2.24) is 9.55 Å². The first-order chi connectivity index (χ1) is 7.10. The first kappa shape index (κ1) is 11.6. The summed E-state index contributed by atoms with van der Waals surface area (Å²) in [4.78, 5) is 3.90. The summed E-state index contributed by atoms with van der Waals surface area (Å²) >= 11 is 4.87. The molecule has 0 amide bonds. The highest BCUT2D eigenvalue weighted by atomic mass is 32.1. The average Bonchev–Trinajstić information content (AvgIpc) is 2.16. The van der Waals surface area contributed by atoms with Crippen molar-refractivity contribution in [2.75, 3.05) is 7.11 Å². The standard InChI is InChI=1S/C9H14N4OS/c1-3-4-6-5-7(14-2)12-8(10)13(6)9(11)15/h5,10H,3-4H2,1-2H3,(H2,11,15). The summed E-state index contributed by atoms with van der Waals surface area (Å²) in [6.45, 7) is 2.04. The van der Waals surface area contributed by atoms with Crippen molar-refractivity contribution in [1.29, 1.82) is 5.41 Å². The maximum atomic E-state index is 7.67. The lowest BCUT2D eigenvalue weighted by molar-refractivity contribution is 0.392. The number of hydrogen-bond acceptors (Lipinski definition) is 4. The van der Waals surface area contributed by atoms with Crippen LogP contribution in [0.25, 0.3) is 0 Å². The monoisotopic (exact) mass is 226 g/mol. The second-order valence-electron chi connectivity index (χ2n) is 3.04. The lowest BCUT2D eigenvalue weighted by atomic mass is 10.2. The van der Waals surface area contributed by atoms with Crippen molar-refractivity contribution < 1.29 is 4.74 Å². The molecular weight excluding hydrogens is 212 g/mol. The fourth-order valence-corrected chi connectivity index (χ4v) is 1.52. The van der Waals surface area contributed by atoms with Crippen LogP contribution in [0.1, 0.15) is 19.0 Å². The smallest absolute Gasteiger partial charge is 0.231 e. The zero-order valence-electron chi connectivity index (χ0n) is 8.78. The number of methoxy groups -OCH3 is 1. The fraction of sp³-hybridized carbons (Fsp3) is 0.444. The number of nitrogens with zero attached hydrogens (tertiary/aromatic N) is 2. The van der Waals surface area contributed by atoms with Crippen molar-refractivity contribution in [3.63, 3.8) is 0 Å². The molecule has 0 saturated carbocycles. The van der Waals surface area contributed by atoms with Gasteiger partial charge in [-0.15, -0.1) is 0 Å². The van der Waals surface area contributed by atoms with Crippen LogP contribution in [0.3, 0.4) is 0 Å². The summed E-state index contributed by atoms with van der Waals surface area (Å²) in [5.41, 5.74) is 6.38. The molecule has 5 nitrogen and oxygen atoms in total. The molecule has 0 spiro atoms. The van der Waals surface area contributed by atoms with E-state index in [4.69, 9.17) is 28.1 Å². The van der Waals surface area contributed by atoms with E-state index in [9.17, 15) is 0 Å². The molecule has 0 saturated heterocycles. The Hall–Kier alpha value is -1.43. The van der Waals surface area contributed by atoms with Crippen molar-refractivity contribution >= 4 is 17.3 Å². The molecule has 6 heteroatoms. The van der Waals surface area contributed by atoms with Gasteiger partial charge in [0.25, 0.3) is 0 Å². The summed E-state index contributed by atoms with van der Waals surface area (Å²) in [6.07, 6.45) is 1.72. The molecule has 0 atom stereocenters. The fourth-order valence-electron chi connectivity index (χ4n) is 1.32. The Morgan fingerprint density at radius 3 is 2.87 bits per heavy atom. The molecule has 1 heterocycles. The van der Waals surface area contributed by atoms with Crippen LogP contribution in [0.15, 0.2) is 6.07 Å². The Kier molecular flexibility index (Phi) is 3.79. The van der Waals surface area contributed by atoms with Crippen LogP contribution in [0.5, 0.6) is 5.88 Å². The molecule has 0 aliphatic rings. The highest BCUT2D eigenvalue weighted by Crippen LogP contribution is 2.08. The van der Waals surface area contributed by atoms with E-state index in [2.05, 4.69) is 4.98 Å². The summed E-state index contributed by atoms with van der Waals surface area (Å²) in [5.74, 6) is 0.413. The third kappa shape index (κ3) is 2.53. The first-order valence-corrected chi connectivity index (χ1v) is 5.02. The molecule has 0 radical (unpaired) electrons. The normalized spacial score (nSPS) is 10.0. The van der Waals surface area contributed by atoms with Crippen LogP contribution in [-0.4, -0.2) is 21.8 Å². The molecule has 0 fully saturated rings. The van der Waals surface area contributed by atoms with Crippen LogP contribution in [0.2, 0.25) is 0 Å². The van der Waals surface area contributed by atoms with Crippen molar-refractivity contribution in [3.05, 3.63) is 17.4 Å². The van der Waals surface area contributed by atoms with E-state index in [0.29, 0.717) is 5.88 Å². The van der Waals surface area contributed by atoms with Gasteiger partial charge in [-0.3, -0.25) is 9.98 Å². The number of nitrogens with two attached hydrogens (primary N) is 1. The van der Waals surface area contributed by atoms with Gasteiger partial charge in [0.15, 0.2) is 5.11 Å². The lowest BCUT2D eigenvalue weighted by Crippen LogP contribution is -2.35. The van der Waals surface area contributed by atoms with Crippen molar-refractivity contribution in [2.24, 2.45) is 5.73 Å². The van der Waals surface area contributed by atoms with Crippen LogP contribution in [0, 0.1) is 5.41 Å². The Bertz CT molecular complexity index is 427. The van der Waals surface area contributed by atoms with Gasteiger partial charge >= 0.3 is 0 Å². The predicted octanol–water partition coefficient (Wildman–Crippen LogP) is 0.415. The quantitative estimate of drug-likeness (QED) is 0.732. The molecule has 0 aromatic carbocycles. The minimum atomic E-state index is 0.00491. The number of rotatable bonds is 3. The Balaban J connectivity index is 3.35. The highest BCUT2D eigenvalue weighted by Gasteiger charge is 2.07. The number of nitrogens with one attached hydrogen (secondary N) is 1. The number of aryl methyl sites for hydroxylation is 1. The van der Waals surface area contributed by atoms with Gasteiger partial charge in [0, 0.05) is 11.8 Å². The second-order valence-corrected chi connectivity index (χ2v) is 3.46. The molecule has 0 aliphatic carbocycles. The van der Waals surface area contributed by atoms with Crippen LogP contribution in [-0.2, 0) is 6.42 Å². The lowest BCUT2D eigenvalue weighted by Gasteiger charge is -2.11. The predicted molar refractivity (Wildman–Crippen MR) is 60.8 cm³/mol. The largest absolute Gasteiger partial charge is 0.481 e. The van der Waals surface area contributed by atoms with E-state index in [1.165, 1.54) is 11.7 Å². The third-order valence-corrected chi connectivity index (χ3v) is 2.12. The molecule has 0 aliphatic heterocycles. The average molecular weight is 226 g/mol. The molecular formula is C9H14N4OS. The van der Waals surface area contributed by atoms with E-state index in [0.717, 1.165) is 18.5 Å². The first-order valence-electron chi connectivity index (χ1n) is 4.61. The Morgan fingerprint density at radius 1 is 1.73 bits per heavy atom. The number of hydrogen-bond donors (Lipinski definition) is 2. The number of thiocarbonyl (C=S) groups is 1. The maximum Gasteiger partial charge on any atom is 0.231 e. The van der Waals surface area contributed by atoms with Gasteiger partial charge in [-0.05, 0) is 18.6 Å². The molecule has 0 bridgehead atoms. The Morgan fingerprint density at radius 2 is 2.40 bits per heavy atom. The molecule has 1 rings (SSSR count).